The number of nitrogens with one attached hydrogen (secondary N) is 1. The molecule has 0 spiro atoms. The number of para-hydroxylation sites is 2. The molecule has 0 saturated carbocycles. The van der Waals surface area contributed by atoms with Crippen LogP contribution in [-0.2, 0) is 4.74 Å². The Bertz CT molecular complexity index is 806. The summed E-state index contributed by atoms with van der Waals surface area (Å²) < 4.78 is 5.46. The third-order valence-corrected chi connectivity index (χ3v) is 3.92. The third kappa shape index (κ3) is 3.42. The molecule has 1 aliphatic heterocycles. The maximum Gasteiger partial charge on any atom is 0.229 e. The van der Waals surface area contributed by atoms with Gasteiger partial charge < -0.3 is 27.4 Å². The monoisotopic (exact) mass is 341 g/mol. The molecule has 4 rings (SSSR count). The molecule has 1 fully saturated rings. The van der Waals surface area contributed by atoms with Gasteiger partial charge in [-0.1, -0.05) is 30.3 Å². The fourth-order valence-corrected chi connectivity index (χ4v) is 2.78. The van der Waals surface area contributed by atoms with Gasteiger partial charge in [-0.15, -0.1) is 0 Å². The lowest BCUT2D eigenvalue weighted by molar-refractivity contribution is -0.00000543. The summed E-state index contributed by atoms with van der Waals surface area (Å²) in [6.07, 6.45) is 0. The van der Waals surface area contributed by atoms with Gasteiger partial charge in [-0.2, -0.15) is 4.98 Å². The molecule has 0 unspecified atom stereocenters. The van der Waals surface area contributed by atoms with Gasteiger partial charge in [0.15, 0.2) is 0 Å². The minimum absolute atomic E-state index is 0. The summed E-state index contributed by atoms with van der Waals surface area (Å²) in [4.78, 5) is 11.7. The van der Waals surface area contributed by atoms with Crippen LogP contribution in [0.25, 0.3) is 10.9 Å². The van der Waals surface area contributed by atoms with Gasteiger partial charge in [-0.3, -0.25) is 0 Å². The lowest BCUT2D eigenvalue weighted by Gasteiger charge is -2.29. The van der Waals surface area contributed by atoms with Crippen LogP contribution in [0.15, 0.2) is 54.6 Å². The SMILES string of the molecule is [Cl-].c1ccc(Nc2nc(N3CCOCC3)c3ccccc3n2)cc1. The molecule has 0 aliphatic carbocycles. The maximum absolute atomic E-state index is 5.46. The molecule has 124 valence electrons. The van der Waals surface area contributed by atoms with E-state index in [0.717, 1.165) is 48.7 Å². The van der Waals surface area contributed by atoms with Crippen LogP contribution in [0.1, 0.15) is 0 Å². The van der Waals surface area contributed by atoms with Crippen LogP contribution >= 0.6 is 0 Å². The van der Waals surface area contributed by atoms with Crippen LogP contribution in [0.2, 0.25) is 0 Å². The number of aromatic nitrogens is 2. The Morgan fingerprint density at radius 2 is 1.58 bits per heavy atom. The zero-order chi connectivity index (χ0) is 15.5. The van der Waals surface area contributed by atoms with Crippen molar-refractivity contribution in [3.05, 3.63) is 54.6 Å². The molecule has 1 aliphatic rings. The van der Waals surface area contributed by atoms with Gasteiger partial charge in [0, 0.05) is 24.2 Å². The number of ether oxygens (including phenoxy) is 1. The molecular formula is C18H18ClN4O-. The number of halogens is 1. The van der Waals surface area contributed by atoms with E-state index in [-0.39, 0.29) is 12.4 Å². The molecule has 1 saturated heterocycles. The van der Waals surface area contributed by atoms with E-state index in [1.165, 1.54) is 0 Å². The molecule has 3 aromatic rings. The molecule has 0 radical (unpaired) electrons. The van der Waals surface area contributed by atoms with E-state index in [4.69, 9.17) is 9.72 Å². The van der Waals surface area contributed by atoms with E-state index >= 15 is 0 Å². The van der Waals surface area contributed by atoms with E-state index in [9.17, 15) is 0 Å². The van der Waals surface area contributed by atoms with Crippen LogP contribution in [0, 0.1) is 0 Å². The summed E-state index contributed by atoms with van der Waals surface area (Å²) in [5.41, 5.74) is 1.93. The predicted molar refractivity (Wildman–Crippen MR) is 92.3 cm³/mol. The fourth-order valence-electron chi connectivity index (χ4n) is 2.78. The van der Waals surface area contributed by atoms with Crippen molar-refractivity contribution in [2.75, 3.05) is 36.5 Å². The molecule has 1 aromatic heterocycles. The zero-order valence-corrected chi connectivity index (χ0v) is 13.9. The van der Waals surface area contributed by atoms with Crippen molar-refractivity contribution in [3.8, 4) is 0 Å². The van der Waals surface area contributed by atoms with Crippen LogP contribution < -0.4 is 22.6 Å². The van der Waals surface area contributed by atoms with Crippen molar-refractivity contribution in [2.24, 2.45) is 0 Å². The smallest absolute Gasteiger partial charge is 0.229 e. The van der Waals surface area contributed by atoms with Crippen molar-refractivity contribution in [1.82, 2.24) is 9.97 Å². The Balaban J connectivity index is 0.00000169. The minimum Gasteiger partial charge on any atom is -1.00 e. The summed E-state index contributed by atoms with van der Waals surface area (Å²) in [6, 6.07) is 18.1. The predicted octanol–water partition coefficient (Wildman–Crippen LogP) is 0.214. The standard InChI is InChI=1S/C18H18N4O.ClH/c1-2-6-14(7-3-1)19-18-20-16-9-5-4-8-15(16)17(21-18)22-10-12-23-13-11-22;/h1-9H,10-13H2,(H,19,20,21);1H/p-1. The summed E-state index contributed by atoms with van der Waals surface area (Å²) in [5, 5.41) is 4.37. The fraction of sp³-hybridized carbons (Fsp3) is 0.222. The molecule has 2 heterocycles. The first kappa shape index (κ1) is 16.5. The van der Waals surface area contributed by atoms with Crippen molar-refractivity contribution < 1.29 is 17.1 Å². The maximum atomic E-state index is 5.46. The van der Waals surface area contributed by atoms with Crippen LogP contribution in [0.4, 0.5) is 17.5 Å². The molecular weight excluding hydrogens is 324 g/mol. The number of benzene rings is 2. The zero-order valence-electron chi connectivity index (χ0n) is 13.2. The number of hydrogen-bond acceptors (Lipinski definition) is 5. The van der Waals surface area contributed by atoms with E-state index in [1.54, 1.807) is 0 Å². The Kier molecular flexibility index (Phi) is 5.13. The lowest BCUT2D eigenvalue weighted by atomic mass is 10.2. The van der Waals surface area contributed by atoms with Gasteiger partial charge in [-0.25, -0.2) is 4.98 Å². The third-order valence-electron chi connectivity index (χ3n) is 3.92. The highest BCUT2D eigenvalue weighted by Crippen LogP contribution is 2.27. The Morgan fingerprint density at radius 3 is 2.38 bits per heavy atom. The molecule has 2 aromatic carbocycles. The molecule has 0 bridgehead atoms. The second-order valence-corrected chi connectivity index (χ2v) is 5.48. The first-order chi connectivity index (χ1) is 11.4. The number of morpholine rings is 1. The lowest BCUT2D eigenvalue weighted by Crippen LogP contribution is -3.00. The Labute approximate surface area is 147 Å². The Morgan fingerprint density at radius 1 is 0.875 bits per heavy atom. The summed E-state index contributed by atoms with van der Waals surface area (Å²) in [7, 11) is 0. The van der Waals surface area contributed by atoms with Gasteiger partial charge in [0.2, 0.25) is 5.95 Å². The summed E-state index contributed by atoms with van der Waals surface area (Å²) in [6.45, 7) is 3.18. The molecule has 24 heavy (non-hydrogen) atoms. The molecule has 0 amide bonds. The highest BCUT2D eigenvalue weighted by Gasteiger charge is 2.17. The van der Waals surface area contributed by atoms with E-state index in [1.807, 2.05) is 48.5 Å². The van der Waals surface area contributed by atoms with Gasteiger partial charge in [-0.05, 0) is 24.3 Å². The summed E-state index contributed by atoms with van der Waals surface area (Å²) in [5.74, 6) is 1.59. The topological polar surface area (TPSA) is 50.3 Å². The van der Waals surface area contributed by atoms with Crippen molar-refractivity contribution in [3.63, 3.8) is 0 Å². The second kappa shape index (κ2) is 7.47. The average molecular weight is 342 g/mol. The highest BCUT2D eigenvalue weighted by atomic mass is 35.5. The van der Waals surface area contributed by atoms with E-state index in [0.29, 0.717) is 5.95 Å². The minimum atomic E-state index is 0. The van der Waals surface area contributed by atoms with Gasteiger partial charge in [0.05, 0.1) is 18.7 Å². The Hall–Kier alpha value is -2.37. The number of hydrogen-bond donors (Lipinski definition) is 1. The average Bonchev–Trinajstić information content (AvgIpc) is 2.63. The number of rotatable bonds is 3. The summed E-state index contributed by atoms with van der Waals surface area (Å²) >= 11 is 0. The van der Waals surface area contributed by atoms with Crippen LogP contribution in [0.5, 0.6) is 0 Å². The van der Waals surface area contributed by atoms with Gasteiger partial charge >= 0.3 is 0 Å². The first-order valence-corrected chi connectivity index (χ1v) is 7.82. The quantitative estimate of drug-likeness (QED) is 0.738. The molecule has 1 N–H and O–H groups in total. The largest absolute Gasteiger partial charge is 1.00 e. The number of nitrogens with zero attached hydrogens (tertiary/aromatic N) is 3. The second-order valence-electron chi connectivity index (χ2n) is 5.48. The number of anilines is 3. The number of fused-ring (bicyclic) bond motifs is 1. The van der Waals surface area contributed by atoms with Gasteiger partial charge in [0.25, 0.3) is 0 Å². The van der Waals surface area contributed by atoms with Gasteiger partial charge in [0.1, 0.15) is 5.82 Å². The van der Waals surface area contributed by atoms with E-state index in [2.05, 4.69) is 21.3 Å². The molecule has 6 heteroatoms. The van der Waals surface area contributed by atoms with Crippen LogP contribution in [0.3, 0.4) is 0 Å². The molecule has 0 atom stereocenters. The van der Waals surface area contributed by atoms with Crippen molar-refractivity contribution in [1.29, 1.82) is 0 Å². The van der Waals surface area contributed by atoms with Crippen molar-refractivity contribution in [2.45, 2.75) is 0 Å². The van der Waals surface area contributed by atoms with Crippen molar-refractivity contribution >= 4 is 28.4 Å². The van der Waals surface area contributed by atoms with E-state index < -0.39 is 0 Å². The highest BCUT2D eigenvalue weighted by molar-refractivity contribution is 5.90. The molecule has 5 nitrogen and oxygen atoms in total. The first-order valence-electron chi connectivity index (χ1n) is 7.82. The van der Waals surface area contributed by atoms with Crippen LogP contribution in [-0.4, -0.2) is 36.3 Å². The normalized spacial score (nSPS) is 14.2.